The maximum absolute atomic E-state index is 10.8. The Hall–Kier alpha value is -2.37. The van der Waals surface area contributed by atoms with Gasteiger partial charge in [0, 0.05) is 6.54 Å². The molecule has 0 heterocycles. The van der Waals surface area contributed by atoms with Crippen LogP contribution in [0.4, 0.5) is 0 Å². The lowest BCUT2D eigenvalue weighted by Gasteiger charge is -2.10. The van der Waals surface area contributed by atoms with Crippen LogP contribution in [0.2, 0.25) is 0 Å². The van der Waals surface area contributed by atoms with E-state index in [-0.39, 0.29) is 13.5 Å². The van der Waals surface area contributed by atoms with Gasteiger partial charge in [-0.1, -0.05) is 77.9 Å². The number of aryl methyl sites for hydroxylation is 1. The summed E-state index contributed by atoms with van der Waals surface area (Å²) in [6, 6.07) is 15.0. The summed E-state index contributed by atoms with van der Waals surface area (Å²) in [4.78, 5) is 12.7. The molecule has 0 radical (unpaired) electrons. The van der Waals surface area contributed by atoms with Crippen molar-refractivity contribution in [3.05, 3.63) is 65.2 Å². The molecule has 0 aromatic heterocycles. The number of carboxylic acid groups (broad SMARTS) is 1. The Balaban J connectivity index is -0.000000429. The molecule has 0 aliphatic carbocycles. The lowest BCUT2D eigenvalue weighted by molar-refractivity contribution is -0.138. The van der Waals surface area contributed by atoms with Crippen molar-refractivity contribution in [2.45, 2.75) is 80.8 Å². The van der Waals surface area contributed by atoms with E-state index in [9.17, 15) is 4.79 Å². The molecule has 2 rings (SSSR count). The van der Waals surface area contributed by atoms with Crippen LogP contribution in [0.25, 0.3) is 0 Å². The highest BCUT2D eigenvalue weighted by atomic mass is 16.4. The molecule has 34 heavy (non-hydrogen) atoms. The topological polar surface area (TPSA) is 81.0 Å². The Bertz CT molecular complexity index is 717. The molecule has 196 valence electrons. The average Bonchev–Trinajstić information content (AvgIpc) is 2.68. The average molecular weight is 478 g/mol. The molecule has 5 nitrogen and oxygen atoms in total. The lowest BCUT2D eigenvalue weighted by atomic mass is 9.97. The van der Waals surface area contributed by atoms with Crippen molar-refractivity contribution < 1.29 is 20.1 Å². The van der Waals surface area contributed by atoms with Crippen molar-refractivity contribution in [1.29, 1.82) is 0 Å². The number of phenolic OH excluding ortho intramolecular Hbond substituents is 1. The number of aliphatic hydroxyl groups is 1. The summed E-state index contributed by atoms with van der Waals surface area (Å²) in [5.74, 6) is -0.220. The highest BCUT2D eigenvalue weighted by Crippen LogP contribution is 2.17. The number of aliphatic hydroxyl groups excluding tert-OH is 1. The predicted octanol–water partition coefficient (Wildman–Crippen LogP) is 6.76. The molecule has 3 N–H and O–H groups in total. The van der Waals surface area contributed by atoms with Gasteiger partial charge < -0.3 is 20.2 Å². The quantitative estimate of drug-likeness (QED) is 0.428. The molecule has 0 saturated heterocycles. The first-order valence-corrected chi connectivity index (χ1v) is 11.7. The Morgan fingerprint density at radius 3 is 1.74 bits per heavy atom. The molecule has 2 atom stereocenters. The van der Waals surface area contributed by atoms with E-state index < -0.39 is 11.9 Å². The van der Waals surface area contributed by atoms with E-state index in [1.807, 2.05) is 62.3 Å². The Morgan fingerprint density at radius 2 is 1.47 bits per heavy atom. The van der Waals surface area contributed by atoms with Crippen LogP contribution in [0.3, 0.4) is 0 Å². The summed E-state index contributed by atoms with van der Waals surface area (Å²) in [5, 5.41) is 26.3. The van der Waals surface area contributed by atoms with Gasteiger partial charge in [0.25, 0.3) is 0 Å². The molecular weight excluding hydrogens is 426 g/mol. The number of nitrogens with zero attached hydrogens (tertiary/aromatic N) is 1. The largest absolute Gasteiger partial charge is 0.508 e. The molecule has 0 amide bonds. The number of hydrogen-bond donors (Lipinski definition) is 3. The third-order valence-electron chi connectivity index (χ3n) is 4.13. The Kier molecular flexibility index (Phi) is 22.6. The summed E-state index contributed by atoms with van der Waals surface area (Å²) >= 11 is 0. The van der Waals surface area contributed by atoms with Crippen LogP contribution >= 0.6 is 0 Å². The van der Waals surface area contributed by atoms with Gasteiger partial charge in [0.15, 0.2) is 0 Å². The molecule has 0 aliphatic heterocycles. The van der Waals surface area contributed by atoms with Gasteiger partial charge in [-0.15, -0.1) is 0 Å². The maximum atomic E-state index is 10.8. The normalized spacial score (nSPS) is 11.4. The molecule has 0 spiro atoms. The standard InChI is InChI=1S/C13H18O2.C7H8O.C5H13NO.C3H8.CH4/c1-9(2)8-11-4-6-12(7-5-11)10(3)13(14)15;1-6-3-2-4-7(8)5-6;1-5(7)4-6(2)3;1-3-2;/h4-7,9-10H,8H2,1-3H3,(H,14,15);2-5,8H,1H3;5,7H,4H2,1-3H3;3H2,1-2H3;1H4. The van der Waals surface area contributed by atoms with E-state index >= 15 is 0 Å². The van der Waals surface area contributed by atoms with E-state index in [1.54, 1.807) is 26.0 Å². The molecular formula is C29H51NO4. The second-order valence-electron chi connectivity index (χ2n) is 9.06. The number of benzene rings is 2. The van der Waals surface area contributed by atoms with Crippen LogP contribution < -0.4 is 0 Å². The minimum Gasteiger partial charge on any atom is -0.508 e. The summed E-state index contributed by atoms with van der Waals surface area (Å²) in [6.07, 6.45) is 2.09. The van der Waals surface area contributed by atoms with Gasteiger partial charge in [-0.3, -0.25) is 4.79 Å². The molecule has 2 aromatic rings. The predicted molar refractivity (Wildman–Crippen MR) is 147 cm³/mol. The van der Waals surface area contributed by atoms with Crippen molar-refractivity contribution in [3.63, 3.8) is 0 Å². The fourth-order valence-electron chi connectivity index (χ4n) is 2.71. The zero-order chi connectivity index (χ0) is 26.0. The number of rotatable bonds is 6. The van der Waals surface area contributed by atoms with Gasteiger partial charge in [-0.25, -0.2) is 0 Å². The number of aliphatic carboxylic acids is 1. The van der Waals surface area contributed by atoms with Crippen LogP contribution in [-0.4, -0.2) is 52.9 Å². The Morgan fingerprint density at radius 1 is 0.971 bits per heavy atom. The minimum absolute atomic E-state index is 0. The van der Waals surface area contributed by atoms with E-state index in [2.05, 4.69) is 27.7 Å². The minimum atomic E-state index is -0.772. The van der Waals surface area contributed by atoms with Gasteiger partial charge in [0.1, 0.15) is 5.75 Å². The number of carboxylic acids is 1. The fraction of sp³-hybridized carbons (Fsp3) is 0.552. The molecule has 2 aromatic carbocycles. The first kappa shape index (κ1) is 36.2. The van der Waals surface area contributed by atoms with Crippen LogP contribution in [0.5, 0.6) is 5.75 Å². The van der Waals surface area contributed by atoms with Crippen LogP contribution in [-0.2, 0) is 11.2 Å². The Labute approximate surface area is 209 Å². The summed E-state index contributed by atoms with van der Waals surface area (Å²) in [5.41, 5.74) is 3.23. The maximum Gasteiger partial charge on any atom is 0.310 e. The molecule has 0 fully saturated rings. The highest BCUT2D eigenvalue weighted by Gasteiger charge is 2.12. The highest BCUT2D eigenvalue weighted by molar-refractivity contribution is 5.75. The van der Waals surface area contributed by atoms with Crippen LogP contribution in [0.1, 0.15) is 78.0 Å². The molecule has 2 unspecified atom stereocenters. The lowest BCUT2D eigenvalue weighted by Crippen LogP contribution is -2.22. The monoisotopic (exact) mass is 477 g/mol. The van der Waals surface area contributed by atoms with Crippen LogP contribution in [0.15, 0.2) is 48.5 Å². The van der Waals surface area contributed by atoms with E-state index in [1.165, 1.54) is 12.0 Å². The van der Waals surface area contributed by atoms with E-state index in [0.717, 1.165) is 24.1 Å². The van der Waals surface area contributed by atoms with Crippen molar-refractivity contribution in [1.82, 2.24) is 4.90 Å². The molecule has 0 saturated carbocycles. The van der Waals surface area contributed by atoms with Gasteiger partial charge in [0.2, 0.25) is 0 Å². The fourth-order valence-corrected chi connectivity index (χ4v) is 2.71. The zero-order valence-corrected chi connectivity index (χ0v) is 22.2. The molecule has 0 aliphatic rings. The second-order valence-corrected chi connectivity index (χ2v) is 9.06. The number of phenols is 1. The number of likely N-dealkylation sites (N-methyl/N-ethyl adjacent to an activating group) is 1. The van der Waals surface area contributed by atoms with E-state index in [0.29, 0.717) is 11.7 Å². The smallest absolute Gasteiger partial charge is 0.310 e. The number of hydrogen-bond acceptors (Lipinski definition) is 4. The van der Waals surface area contributed by atoms with Crippen molar-refractivity contribution in [2.75, 3.05) is 20.6 Å². The van der Waals surface area contributed by atoms with Gasteiger partial charge in [0.05, 0.1) is 12.0 Å². The van der Waals surface area contributed by atoms with Crippen LogP contribution in [0, 0.1) is 12.8 Å². The van der Waals surface area contributed by atoms with Gasteiger partial charge in [-0.2, -0.15) is 0 Å². The van der Waals surface area contributed by atoms with Gasteiger partial charge in [-0.05, 0) is 76.0 Å². The van der Waals surface area contributed by atoms with Crippen molar-refractivity contribution in [3.8, 4) is 5.75 Å². The first-order valence-electron chi connectivity index (χ1n) is 11.7. The number of aromatic hydroxyl groups is 1. The zero-order valence-electron chi connectivity index (χ0n) is 22.2. The third kappa shape index (κ3) is 21.5. The van der Waals surface area contributed by atoms with Gasteiger partial charge >= 0.3 is 5.97 Å². The van der Waals surface area contributed by atoms with Crippen molar-refractivity contribution >= 4 is 5.97 Å². The SMILES string of the molecule is C.CC(C)Cc1ccc(C(C)C(=O)O)cc1.CC(O)CN(C)C.CCC.Cc1cccc(O)c1. The summed E-state index contributed by atoms with van der Waals surface area (Å²) < 4.78 is 0. The second kappa shape index (κ2) is 21.2. The third-order valence-corrected chi connectivity index (χ3v) is 4.13. The first-order chi connectivity index (χ1) is 15.3. The molecule has 5 heteroatoms. The number of carbonyl (C=O) groups is 1. The van der Waals surface area contributed by atoms with E-state index in [4.69, 9.17) is 15.3 Å². The summed E-state index contributed by atoms with van der Waals surface area (Å²) in [7, 11) is 3.87. The van der Waals surface area contributed by atoms with Crippen molar-refractivity contribution in [2.24, 2.45) is 5.92 Å². The molecule has 0 bridgehead atoms. The summed E-state index contributed by atoms with van der Waals surface area (Å²) in [6.45, 7) is 14.8.